The van der Waals surface area contributed by atoms with Crippen molar-refractivity contribution in [3.05, 3.63) is 72.6 Å². The van der Waals surface area contributed by atoms with Crippen molar-refractivity contribution >= 4 is 34.0 Å². The molecule has 0 saturated carbocycles. The first-order valence-corrected chi connectivity index (χ1v) is 10.5. The molecule has 2 aromatic carbocycles. The predicted octanol–water partition coefficient (Wildman–Crippen LogP) is 5.29. The van der Waals surface area contributed by atoms with E-state index in [1.54, 1.807) is 0 Å². The molecule has 0 radical (unpaired) electrons. The first-order chi connectivity index (χ1) is 13.4. The molecule has 2 aliphatic heterocycles. The molecule has 2 aliphatic rings. The average molecular weight is 374 g/mol. The molecule has 27 heavy (non-hydrogen) atoms. The number of anilines is 1. The van der Waals surface area contributed by atoms with E-state index in [0.717, 1.165) is 19.5 Å². The minimum Gasteiger partial charge on any atom is -0.310 e. The maximum Gasteiger partial charge on any atom is 0.0746 e. The summed E-state index contributed by atoms with van der Waals surface area (Å²) in [5.74, 6) is 0. The number of hydrogen-bond acceptors (Lipinski definition) is 4. The predicted molar refractivity (Wildman–Crippen MR) is 115 cm³/mol. The number of nitrogens with zero attached hydrogens (tertiary/aromatic N) is 2. The SMILES string of the molecule is C1=C(c2ccccc2)CC(CCCN2Sc3cccc4cncc2c34)NC1. The molecule has 0 fully saturated rings. The summed E-state index contributed by atoms with van der Waals surface area (Å²) in [6.45, 7) is 2.03. The Labute approximate surface area is 164 Å². The zero-order chi connectivity index (χ0) is 18.1. The fraction of sp³-hybridized carbons (Fsp3) is 0.261. The Morgan fingerprint density at radius 3 is 2.93 bits per heavy atom. The third-order valence-electron chi connectivity index (χ3n) is 5.48. The van der Waals surface area contributed by atoms with Crippen LogP contribution in [0.15, 0.2) is 71.9 Å². The van der Waals surface area contributed by atoms with Crippen LogP contribution in [-0.4, -0.2) is 24.1 Å². The average Bonchev–Trinajstić information content (AvgIpc) is 3.09. The van der Waals surface area contributed by atoms with Gasteiger partial charge in [0, 0.05) is 41.0 Å². The van der Waals surface area contributed by atoms with Crippen LogP contribution in [0.4, 0.5) is 5.69 Å². The van der Waals surface area contributed by atoms with Gasteiger partial charge in [0.15, 0.2) is 0 Å². The number of pyridine rings is 1. The number of aromatic nitrogens is 1. The minimum absolute atomic E-state index is 0.564. The molecular weight excluding hydrogens is 350 g/mol. The number of benzene rings is 2. The Bertz CT molecular complexity index is 978. The molecule has 3 heterocycles. The summed E-state index contributed by atoms with van der Waals surface area (Å²) in [6, 6.07) is 17.9. The van der Waals surface area contributed by atoms with Crippen molar-refractivity contribution < 1.29 is 0 Å². The number of rotatable bonds is 5. The Morgan fingerprint density at radius 2 is 2.00 bits per heavy atom. The van der Waals surface area contributed by atoms with Crippen molar-refractivity contribution in [2.24, 2.45) is 0 Å². The van der Waals surface area contributed by atoms with Gasteiger partial charge in [-0.3, -0.25) is 4.98 Å². The standard InChI is InChI=1S/C23H23N3S/c1-2-6-17(7-3-1)18-11-12-25-20(14-18)9-5-13-26-21-16-24-15-19-8-4-10-22(27-26)23(19)21/h1-4,6-8,10-11,15-16,20,25H,5,9,12-14H2. The summed E-state index contributed by atoms with van der Waals surface area (Å²) in [4.78, 5) is 5.79. The summed E-state index contributed by atoms with van der Waals surface area (Å²) in [7, 11) is 0. The quantitative estimate of drug-likeness (QED) is 0.615. The Morgan fingerprint density at radius 1 is 1.07 bits per heavy atom. The highest BCUT2D eigenvalue weighted by Gasteiger charge is 2.23. The maximum absolute atomic E-state index is 4.43. The molecule has 3 aromatic rings. The second kappa shape index (κ2) is 7.37. The van der Waals surface area contributed by atoms with Crippen LogP contribution in [0.3, 0.4) is 0 Å². The van der Waals surface area contributed by atoms with Crippen LogP contribution in [0.25, 0.3) is 16.3 Å². The van der Waals surface area contributed by atoms with E-state index in [0.29, 0.717) is 6.04 Å². The zero-order valence-corrected chi connectivity index (χ0v) is 16.1. The normalized spacial score (nSPS) is 18.7. The largest absolute Gasteiger partial charge is 0.310 e. The van der Waals surface area contributed by atoms with E-state index in [4.69, 9.17) is 0 Å². The van der Waals surface area contributed by atoms with Crippen molar-refractivity contribution in [2.45, 2.75) is 30.2 Å². The van der Waals surface area contributed by atoms with Crippen LogP contribution in [0, 0.1) is 0 Å². The highest BCUT2D eigenvalue weighted by Crippen LogP contribution is 2.45. The molecular formula is C23H23N3S. The first kappa shape index (κ1) is 16.8. The van der Waals surface area contributed by atoms with Gasteiger partial charge < -0.3 is 9.62 Å². The van der Waals surface area contributed by atoms with E-state index in [1.807, 2.05) is 24.3 Å². The molecule has 3 nitrogen and oxygen atoms in total. The van der Waals surface area contributed by atoms with Gasteiger partial charge >= 0.3 is 0 Å². The summed E-state index contributed by atoms with van der Waals surface area (Å²) < 4.78 is 2.42. The van der Waals surface area contributed by atoms with Crippen LogP contribution >= 0.6 is 11.9 Å². The first-order valence-electron chi connectivity index (χ1n) is 9.68. The molecule has 5 rings (SSSR count). The van der Waals surface area contributed by atoms with E-state index in [9.17, 15) is 0 Å². The van der Waals surface area contributed by atoms with E-state index < -0.39 is 0 Å². The van der Waals surface area contributed by atoms with Gasteiger partial charge in [0.25, 0.3) is 0 Å². The van der Waals surface area contributed by atoms with Crippen molar-refractivity contribution in [2.75, 3.05) is 17.4 Å². The van der Waals surface area contributed by atoms with Crippen molar-refractivity contribution in [3.8, 4) is 0 Å². The molecule has 1 N–H and O–H groups in total. The molecule has 1 unspecified atom stereocenters. The van der Waals surface area contributed by atoms with E-state index >= 15 is 0 Å². The molecule has 1 aromatic heterocycles. The molecule has 4 heteroatoms. The second-order valence-electron chi connectivity index (χ2n) is 7.25. The van der Waals surface area contributed by atoms with E-state index in [1.165, 1.54) is 45.3 Å². The summed E-state index contributed by atoms with van der Waals surface area (Å²) in [5, 5.41) is 6.27. The van der Waals surface area contributed by atoms with Crippen molar-refractivity contribution in [3.63, 3.8) is 0 Å². The maximum atomic E-state index is 4.43. The van der Waals surface area contributed by atoms with Crippen molar-refractivity contribution in [1.29, 1.82) is 0 Å². The third-order valence-corrected chi connectivity index (χ3v) is 6.62. The lowest BCUT2D eigenvalue weighted by molar-refractivity contribution is 0.489. The number of hydrogen-bond donors (Lipinski definition) is 1. The van der Waals surface area contributed by atoms with Crippen LogP contribution < -0.4 is 9.62 Å². The smallest absolute Gasteiger partial charge is 0.0746 e. The fourth-order valence-electron chi connectivity index (χ4n) is 4.12. The highest BCUT2D eigenvalue weighted by molar-refractivity contribution is 8.01. The highest BCUT2D eigenvalue weighted by atomic mass is 32.2. The van der Waals surface area contributed by atoms with Crippen LogP contribution in [0.2, 0.25) is 0 Å². The Balaban J connectivity index is 1.21. The lowest BCUT2D eigenvalue weighted by Gasteiger charge is -2.26. The zero-order valence-electron chi connectivity index (χ0n) is 15.3. The molecule has 0 amide bonds. The topological polar surface area (TPSA) is 28.2 Å². The summed E-state index contributed by atoms with van der Waals surface area (Å²) in [6.07, 6.45) is 9.81. The van der Waals surface area contributed by atoms with Crippen LogP contribution in [0.1, 0.15) is 24.8 Å². The van der Waals surface area contributed by atoms with Gasteiger partial charge in [-0.1, -0.05) is 48.5 Å². The fourth-order valence-corrected chi connectivity index (χ4v) is 5.27. The summed E-state index contributed by atoms with van der Waals surface area (Å²) >= 11 is 1.86. The molecule has 0 spiro atoms. The van der Waals surface area contributed by atoms with Gasteiger partial charge in [-0.05, 0) is 48.4 Å². The lowest BCUT2D eigenvalue weighted by Crippen LogP contribution is -2.33. The molecule has 0 aliphatic carbocycles. The summed E-state index contributed by atoms with van der Waals surface area (Å²) in [5.41, 5.74) is 4.12. The monoisotopic (exact) mass is 373 g/mol. The Kier molecular flexibility index (Phi) is 4.60. The van der Waals surface area contributed by atoms with E-state index in [-0.39, 0.29) is 0 Å². The van der Waals surface area contributed by atoms with Gasteiger partial charge in [0.05, 0.1) is 11.9 Å². The minimum atomic E-state index is 0.564. The Hall–Kier alpha value is -2.30. The second-order valence-corrected chi connectivity index (χ2v) is 8.32. The van der Waals surface area contributed by atoms with Gasteiger partial charge in [-0.2, -0.15) is 0 Å². The van der Waals surface area contributed by atoms with Crippen LogP contribution in [-0.2, 0) is 0 Å². The van der Waals surface area contributed by atoms with Gasteiger partial charge in [-0.25, -0.2) is 0 Å². The molecule has 1 atom stereocenters. The third kappa shape index (κ3) is 3.35. The van der Waals surface area contributed by atoms with Gasteiger partial charge in [0.2, 0.25) is 0 Å². The van der Waals surface area contributed by atoms with Crippen molar-refractivity contribution in [1.82, 2.24) is 10.3 Å². The van der Waals surface area contributed by atoms with Gasteiger partial charge in [0.1, 0.15) is 0 Å². The molecule has 136 valence electrons. The number of nitrogens with one attached hydrogen (secondary N) is 1. The van der Waals surface area contributed by atoms with E-state index in [2.05, 4.69) is 69.2 Å². The lowest BCUT2D eigenvalue weighted by atomic mass is 9.93. The molecule has 0 bridgehead atoms. The molecule has 0 saturated heterocycles. The van der Waals surface area contributed by atoms with Crippen LogP contribution in [0.5, 0.6) is 0 Å². The van der Waals surface area contributed by atoms with Gasteiger partial charge in [-0.15, -0.1) is 0 Å².